The first-order chi connectivity index (χ1) is 11.8. The molecule has 128 valence electrons. The van der Waals surface area contributed by atoms with Crippen LogP contribution in [-0.4, -0.2) is 45.8 Å². The summed E-state index contributed by atoms with van der Waals surface area (Å²) in [5, 5.41) is 4.51. The van der Waals surface area contributed by atoms with Gasteiger partial charge in [0.1, 0.15) is 5.82 Å². The lowest BCUT2D eigenvalue weighted by Gasteiger charge is -2.27. The van der Waals surface area contributed by atoms with Gasteiger partial charge in [0.2, 0.25) is 0 Å². The molecule has 4 nitrogen and oxygen atoms in total. The van der Waals surface area contributed by atoms with Gasteiger partial charge in [0.05, 0.1) is 5.69 Å². The summed E-state index contributed by atoms with van der Waals surface area (Å²) in [6.45, 7) is 7.29. The van der Waals surface area contributed by atoms with E-state index in [0.29, 0.717) is 5.92 Å². The molecule has 2 aromatic rings. The molecule has 1 saturated heterocycles. The zero-order valence-electron chi connectivity index (χ0n) is 14.1. The number of hydrogen-bond acceptors (Lipinski definition) is 3. The molecule has 0 N–H and O–H groups in total. The number of benzene rings is 1. The second-order valence-corrected chi connectivity index (χ2v) is 7.18. The number of aromatic nitrogens is 2. The Bertz CT molecular complexity index is 678. The number of rotatable bonds is 4. The van der Waals surface area contributed by atoms with E-state index < -0.39 is 0 Å². The lowest BCUT2D eigenvalue weighted by atomic mass is 10.1. The highest BCUT2D eigenvalue weighted by atomic mass is 19.1. The minimum absolute atomic E-state index is 0.152. The van der Waals surface area contributed by atoms with Crippen LogP contribution in [0.4, 0.5) is 4.39 Å². The summed E-state index contributed by atoms with van der Waals surface area (Å²) in [6.07, 6.45) is 4.55. The molecule has 5 heteroatoms. The molecule has 0 radical (unpaired) electrons. The summed E-state index contributed by atoms with van der Waals surface area (Å²) in [7, 11) is 0. The SMILES string of the molecule is Fc1cccc(CN2Cc3ccnn3C[C@H](CN3CCCC3)C2)c1. The molecule has 1 aromatic carbocycles. The normalized spacial score (nSPS) is 22.5. The van der Waals surface area contributed by atoms with Gasteiger partial charge in [-0.1, -0.05) is 12.1 Å². The standard InChI is InChI=1S/C19H25FN4/c20-18-5-3-4-16(10-18)11-23-13-17(12-22-8-1-2-9-22)14-24-19(15-23)6-7-21-24/h3-7,10,17H,1-2,8-9,11-15H2/t17-/m1/s1. The van der Waals surface area contributed by atoms with E-state index >= 15 is 0 Å². The van der Waals surface area contributed by atoms with Gasteiger partial charge in [0.15, 0.2) is 0 Å². The van der Waals surface area contributed by atoms with E-state index in [9.17, 15) is 4.39 Å². The first-order valence-electron chi connectivity index (χ1n) is 8.96. The van der Waals surface area contributed by atoms with E-state index in [0.717, 1.165) is 38.3 Å². The number of halogens is 1. The third-order valence-corrected chi connectivity index (χ3v) is 5.15. The third kappa shape index (κ3) is 3.68. The van der Waals surface area contributed by atoms with E-state index in [1.165, 1.54) is 37.7 Å². The van der Waals surface area contributed by atoms with Crippen LogP contribution < -0.4 is 0 Å². The fraction of sp³-hybridized carbons (Fsp3) is 0.526. The van der Waals surface area contributed by atoms with E-state index in [1.54, 1.807) is 12.1 Å². The second-order valence-electron chi connectivity index (χ2n) is 7.18. The predicted molar refractivity (Wildman–Crippen MR) is 91.9 cm³/mol. The van der Waals surface area contributed by atoms with E-state index in [-0.39, 0.29) is 5.82 Å². The maximum Gasteiger partial charge on any atom is 0.123 e. The summed E-state index contributed by atoms with van der Waals surface area (Å²) in [5.74, 6) is 0.416. The van der Waals surface area contributed by atoms with Crippen molar-refractivity contribution in [3.63, 3.8) is 0 Å². The highest BCUT2D eigenvalue weighted by Crippen LogP contribution is 2.20. The van der Waals surface area contributed by atoms with E-state index in [4.69, 9.17) is 0 Å². The summed E-state index contributed by atoms with van der Waals surface area (Å²) >= 11 is 0. The zero-order valence-corrected chi connectivity index (χ0v) is 14.1. The Morgan fingerprint density at radius 3 is 2.79 bits per heavy atom. The van der Waals surface area contributed by atoms with E-state index in [2.05, 4.69) is 25.6 Å². The molecular formula is C19H25FN4. The largest absolute Gasteiger partial charge is 0.303 e. The Morgan fingerprint density at radius 1 is 1.08 bits per heavy atom. The Hall–Kier alpha value is -1.72. The minimum Gasteiger partial charge on any atom is -0.303 e. The molecular weight excluding hydrogens is 303 g/mol. The van der Waals surface area contributed by atoms with Gasteiger partial charge in [-0.15, -0.1) is 0 Å². The van der Waals surface area contributed by atoms with Crippen molar-refractivity contribution in [3.8, 4) is 0 Å². The Labute approximate surface area is 142 Å². The first kappa shape index (κ1) is 15.8. The van der Waals surface area contributed by atoms with Crippen molar-refractivity contribution in [1.82, 2.24) is 19.6 Å². The fourth-order valence-electron chi connectivity index (χ4n) is 4.08. The summed E-state index contributed by atoms with van der Waals surface area (Å²) in [4.78, 5) is 5.02. The topological polar surface area (TPSA) is 24.3 Å². The summed E-state index contributed by atoms with van der Waals surface area (Å²) in [6, 6.07) is 9.08. The molecule has 0 saturated carbocycles. The smallest absolute Gasteiger partial charge is 0.123 e. The van der Waals surface area contributed by atoms with Crippen LogP contribution in [0.3, 0.4) is 0 Å². The van der Waals surface area contributed by atoms with Crippen LogP contribution in [0, 0.1) is 11.7 Å². The number of hydrogen-bond donors (Lipinski definition) is 0. The fourth-order valence-corrected chi connectivity index (χ4v) is 4.08. The molecule has 24 heavy (non-hydrogen) atoms. The van der Waals surface area contributed by atoms with Crippen molar-refractivity contribution in [2.75, 3.05) is 26.2 Å². The lowest BCUT2D eigenvalue weighted by Crippen LogP contribution is -2.35. The summed E-state index contributed by atoms with van der Waals surface area (Å²) in [5.41, 5.74) is 2.30. The van der Waals surface area contributed by atoms with Crippen LogP contribution in [0.1, 0.15) is 24.1 Å². The van der Waals surface area contributed by atoms with Gasteiger partial charge in [0, 0.05) is 44.8 Å². The van der Waals surface area contributed by atoms with Crippen molar-refractivity contribution in [2.45, 2.75) is 32.5 Å². The first-order valence-corrected chi connectivity index (χ1v) is 8.96. The number of fused-ring (bicyclic) bond motifs is 1. The minimum atomic E-state index is -0.152. The van der Waals surface area contributed by atoms with Crippen molar-refractivity contribution >= 4 is 0 Å². The number of likely N-dealkylation sites (tertiary alicyclic amines) is 1. The molecule has 0 bridgehead atoms. The van der Waals surface area contributed by atoms with Gasteiger partial charge < -0.3 is 4.90 Å². The summed E-state index contributed by atoms with van der Waals surface area (Å²) < 4.78 is 15.7. The number of nitrogens with zero attached hydrogens (tertiary/aromatic N) is 4. The molecule has 1 fully saturated rings. The Morgan fingerprint density at radius 2 is 1.96 bits per heavy atom. The molecule has 3 heterocycles. The van der Waals surface area contributed by atoms with Gasteiger partial charge in [0.25, 0.3) is 0 Å². The molecule has 0 aliphatic carbocycles. The molecule has 0 spiro atoms. The molecule has 4 rings (SSSR count). The van der Waals surface area contributed by atoms with Crippen molar-refractivity contribution in [1.29, 1.82) is 0 Å². The van der Waals surface area contributed by atoms with E-state index in [1.807, 2.05) is 12.3 Å². The lowest BCUT2D eigenvalue weighted by molar-refractivity contribution is 0.182. The third-order valence-electron chi connectivity index (χ3n) is 5.15. The van der Waals surface area contributed by atoms with Gasteiger partial charge in [-0.25, -0.2) is 4.39 Å². The Kier molecular flexibility index (Phi) is 4.63. The van der Waals surface area contributed by atoms with Gasteiger partial charge in [-0.05, 0) is 49.7 Å². The molecule has 0 unspecified atom stereocenters. The van der Waals surface area contributed by atoms with Crippen LogP contribution in [0.25, 0.3) is 0 Å². The van der Waals surface area contributed by atoms with Crippen LogP contribution >= 0.6 is 0 Å². The Balaban J connectivity index is 1.50. The average molecular weight is 328 g/mol. The highest BCUT2D eigenvalue weighted by Gasteiger charge is 2.25. The predicted octanol–water partition coefficient (Wildman–Crippen LogP) is 2.75. The molecule has 1 atom stereocenters. The quantitative estimate of drug-likeness (QED) is 0.862. The molecule has 2 aliphatic heterocycles. The maximum atomic E-state index is 13.5. The van der Waals surface area contributed by atoms with Crippen LogP contribution in [0.2, 0.25) is 0 Å². The second kappa shape index (κ2) is 7.03. The van der Waals surface area contributed by atoms with Crippen molar-refractivity contribution < 1.29 is 4.39 Å². The molecule has 1 aromatic heterocycles. The van der Waals surface area contributed by atoms with Crippen molar-refractivity contribution in [3.05, 3.63) is 53.6 Å². The van der Waals surface area contributed by atoms with Gasteiger partial charge in [-0.3, -0.25) is 9.58 Å². The van der Waals surface area contributed by atoms with Gasteiger partial charge >= 0.3 is 0 Å². The maximum absolute atomic E-state index is 13.5. The average Bonchev–Trinajstić information content (AvgIpc) is 3.17. The monoisotopic (exact) mass is 328 g/mol. The van der Waals surface area contributed by atoms with Crippen LogP contribution in [-0.2, 0) is 19.6 Å². The van der Waals surface area contributed by atoms with Crippen LogP contribution in [0.5, 0.6) is 0 Å². The highest BCUT2D eigenvalue weighted by molar-refractivity contribution is 5.16. The van der Waals surface area contributed by atoms with Crippen LogP contribution in [0.15, 0.2) is 36.5 Å². The van der Waals surface area contributed by atoms with Crippen molar-refractivity contribution in [2.24, 2.45) is 5.92 Å². The zero-order chi connectivity index (χ0) is 16.4. The molecule has 2 aliphatic rings. The molecule has 0 amide bonds. The van der Waals surface area contributed by atoms with Gasteiger partial charge in [-0.2, -0.15) is 5.10 Å².